The van der Waals surface area contributed by atoms with Gasteiger partial charge in [0.15, 0.2) is 0 Å². The van der Waals surface area contributed by atoms with Crippen LogP contribution in [0.15, 0.2) is 16.5 Å². The normalized spacial score (nSPS) is 10.1. The van der Waals surface area contributed by atoms with E-state index in [0.717, 1.165) is 5.76 Å². The number of anilines is 1. The molecule has 0 unspecified atom stereocenters. The van der Waals surface area contributed by atoms with E-state index in [1.807, 2.05) is 13.0 Å². The van der Waals surface area contributed by atoms with Crippen molar-refractivity contribution in [1.82, 2.24) is 0 Å². The first-order valence-corrected chi connectivity index (χ1v) is 4.18. The molecule has 4 nitrogen and oxygen atoms in total. The number of hydrogen-bond acceptors (Lipinski definition) is 3. The Morgan fingerprint density at radius 3 is 2.77 bits per heavy atom. The van der Waals surface area contributed by atoms with E-state index in [4.69, 9.17) is 10.2 Å². The predicted molar refractivity (Wildman–Crippen MR) is 50.5 cm³/mol. The molecule has 1 aromatic heterocycles. The summed E-state index contributed by atoms with van der Waals surface area (Å²) in [6, 6.07) is 3.59. The van der Waals surface area contributed by atoms with Crippen LogP contribution in [0.5, 0.6) is 0 Å². The molecule has 0 aliphatic rings. The van der Waals surface area contributed by atoms with E-state index >= 15 is 0 Å². The van der Waals surface area contributed by atoms with Crippen molar-refractivity contribution in [3.05, 3.63) is 17.9 Å². The predicted octanol–water partition coefficient (Wildman–Crippen LogP) is 0.900. The maximum atomic E-state index is 11.3. The van der Waals surface area contributed by atoms with Gasteiger partial charge in [-0.25, -0.2) is 0 Å². The average Bonchev–Trinajstić information content (AvgIpc) is 2.51. The molecular weight excluding hydrogens is 168 g/mol. The van der Waals surface area contributed by atoms with E-state index in [1.165, 1.54) is 4.90 Å². The number of nitrogens with zero attached hydrogens (tertiary/aromatic N) is 1. The van der Waals surface area contributed by atoms with Crippen LogP contribution in [0.4, 0.5) is 5.88 Å². The van der Waals surface area contributed by atoms with Gasteiger partial charge in [0.25, 0.3) is 0 Å². The van der Waals surface area contributed by atoms with Crippen molar-refractivity contribution in [1.29, 1.82) is 0 Å². The van der Waals surface area contributed by atoms with Gasteiger partial charge in [-0.15, -0.1) is 0 Å². The van der Waals surface area contributed by atoms with Crippen molar-refractivity contribution in [2.24, 2.45) is 5.73 Å². The van der Waals surface area contributed by atoms with Gasteiger partial charge in [-0.3, -0.25) is 9.69 Å². The highest BCUT2D eigenvalue weighted by Gasteiger charge is 2.12. The lowest BCUT2D eigenvalue weighted by Crippen LogP contribution is -2.27. The number of carbonyl (C=O) groups excluding carboxylic acids is 1. The van der Waals surface area contributed by atoms with Crippen molar-refractivity contribution in [3.63, 3.8) is 0 Å². The van der Waals surface area contributed by atoms with Crippen molar-refractivity contribution in [3.8, 4) is 0 Å². The molecule has 0 aromatic carbocycles. The van der Waals surface area contributed by atoms with E-state index < -0.39 is 0 Å². The van der Waals surface area contributed by atoms with Crippen LogP contribution < -0.4 is 10.6 Å². The van der Waals surface area contributed by atoms with Crippen molar-refractivity contribution in [2.45, 2.75) is 13.3 Å². The summed E-state index contributed by atoms with van der Waals surface area (Å²) >= 11 is 0. The molecule has 0 spiro atoms. The van der Waals surface area contributed by atoms with Crippen LogP contribution in [0.3, 0.4) is 0 Å². The lowest BCUT2D eigenvalue weighted by molar-refractivity contribution is -0.118. The minimum atomic E-state index is -0.0307. The van der Waals surface area contributed by atoms with Gasteiger partial charge in [-0.05, 0) is 13.0 Å². The first kappa shape index (κ1) is 9.80. The summed E-state index contributed by atoms with van der Waals surface area (Å²) in [6.45, 7) is 2.20. The van der Waals surface area contributed by atoms with Gasteiger partial charge in [0.2, 0.25) is 11.8 Å². The van der Waals surface area contributed by atoms with Crippen molar-refractivity contribution >= 4 is 11.8 Å². The van der Waals surface area contributed by atoms with E-state index in [9.17, 15) is 4.79 Å². The molecule has 0 fully saturated rings. The molecule has 0 bridgehead atoms. The van der Waals surface area contributed by atoms with Crippen LogP contribution in [-0.2, 0) is 4.79 Å². The Kier molecular flexibility index (Phi) is 3.08. The van der Waals surface area contributed by atoms with E-state index in [0.29, 0.717) is 18.8 Å². The smallest absolute Gasteiger partial charge is 0.230 e. The molecule has 0 atom stereocenters. The zero-order valence-corrected chi connectivity index (χ0v) is 7.91. The Labute approximate surface area is 77.3 Å². The lowest BCUT2D eigenvalue weighted by Gasteiger charge is -2.12. The topological polar surface area (TPSA) is 59.5 Å². The Bertz CT molecular complexity index is 294. The molecule has 1 aromatic rings. The average molecular weight is 182 g/mol. The highest BCUT2D eigenvalue weighted by molar-refractivity contribution is 5.91. The third kappa shape index (κ3) is 2.32. The molecule has 0 aliphatic carbocycles. The van der Waals surface area contributed by atoms with Crippen molar-refractivity contribution < 1.29 is 9.21 Å². The summed E-state index contributed by atoms with van der Waals surface area (Å²) in [6.07, 6.45) is 0.343. The molecule has 1 amide bonds. The first-order chi connectivity index (χ1) is 6.15. The summed E-state index contributed by atoms with van der Waals surface area (Å²) in [7, 11) is 1.68. The molecule has 13 heavy (non-hydrogen) atoms. The second kappa shape index (κ2) is 4.09. The maximum absolute atomic E-state index is 11.3. The fourth-order valence-electron chi connectivity index (χ4n) is 1.02. The third-order valence-electron chi connectivity index (χ3n) is 1.79. The molecule has 4 heteroatoms. The monoisotopic (exact) mass is 182 g/mol. The van der Waals surface area contributed by atoms with Crippen LogP contribution in [0.2, 0.25) is 0 Å². The van der Waals surface area contributed by atoms with Crippen LogP contribution in [0.1, 0.15) is 12.2 Å². The van der Waals surface area contributed by atoms with Gasteiger partial charge in [0.05, 0.1) is 0 Å². The number of amides is 1. The number of nitrogens with two attached hydrogens (primary N) is 1. The Hall–Kier alpha value is -1.29. The zero-order valence-electron chi connectivity index (χ0n) is 7.91. The molecule has 72 valence electrons. The van der Waals surface area contributed by atoms with Crippen LogP contribution in [0.25, 0.3) is 0 Å². The van der Waals surface area contributed by atoms with E-state index in [2.05, 4.69) is 0 Å². The molecule has 0 aliphatic heterocycles. The minimum absolute atomic E-state index is 0.0307. The Morgan fingerprint density at radius 2 is 2.31 bits per heavy atom. The number of aryl methyl sites for hydroxylation is 1. The molecule has 2 N–H and O–H groups in total. The number of furan rings is 1. The second-order valence-electron chi connectivity index (χ2n) is 2.88. The summed E-state index contributed by atoms with van der Waals surface area (Å²) in [5.74, 6) is 1.33. The maximum Gasteiger partial charge on any atom is 0.230 e. The van der Waals surface area contributed by atoms with Gasteiger partial charge in [0.1, 0.15) is 5.76 Å². The van der Waals surface area contributed by atoms with E-state index in [-0.39, 0.29) is 5.91 Å². The van der Waals surface area contributed by atoms with Gasteiger partial charge in [-0.1, -0.05) is 0 Å². The molecule has 1 rings (SSSR count). The van der Waals surface area contributed by atoms with Gasteiger partial charge < -0.3 is 10.2 Å². The van der Waals surface area contributed by atoms with E-state index in [1.54, 1.807) is 13.1 Å². The lowest BCUT2D eigenvalue weighted by atomic mass is 10.4. The fourth-order valence-corrected chi connectivity index (χ4v) is 1.02. The summed E-state index contributed by atoms with van der Waals surface area (Å²) in [5, 5.41) is 0. The largest absolute Gasteiger partial charge is 0.445 e. The third-order valence-corrected chi connectivity index (χ3v) is 1.79. The van der Waals surface area contributed by atoms with Crippen LogP contribution >= 0.6 is 0 Å². The van der Waals surface area contributed by atoms with Crippen LogP contribution in [0, 0.1) is 6.92 Å². The van der Waals surface area contributed by atoms with Gasteiger partial charge >= 0.3 is 0 Å². The summed E-state index contributed by atoms with van der Waals surface area (Å²) in [5.41, 5.74) is 5.27. The minimum Gasteiger partial charge on any atom is -0.445 e. The number of hydrogen-bond donors (Lipinski definition) is 1. The number of rotatable bonds is 3. The first-order valence-electron chi connectivity index (χ1n) is 4.18. The quantitative estimate of drug-likeness (QED) is 0.755. The molecule has 0 saturated heterocycles. The fraction of sp³-hybridized carbons (Fsp3) is 0.444. The van der Waals surface area contributed by atoms with Gasteiger partial charge in [0, 0.05) is 26.1 Å². The second-order valence-corrected chi connectivity index (χ2v) is 2.88. The zero-order chi connectivity index (χ0) is 9.84. The summed E-state index contributed by atoms with van der Waals surface area (Å²) < 4.78 is 5.28. The van der Waals surface area contributed by atoms with Crippen LogP contribution in [-0.4, -0.2) is 19.5 Å². The highest BCUT2D eigenvalue weighted by atomic mass is 16.4. The highest BCUT2D eigenvalue weighted by Crippen LogP contribution is 2.16. The molecule has 1 heterocycles. The number of carbonyl (C=O) groups is 1. The standard InChI is InChI=1S/C9H14N2O2/c1-7-3-4-9(13-7)11(2)8(12)5-6-10/h3-4H,5-6,10H2,1-2H3. The SMILES string of the molecule is Cc1ccc(N(C)C(=O)CCN)o1. The molecule has 0 saturated carbocycles. The molecule has 0 radical (unpaired) electrons. The Morgan fingerprint density at radius 1 is 1.62 bits per heavy atom. The van der Waals surface area contributed by atoms with Gasteiger partial charge in [-0.2, -0.15) is 0 Å². The van der Waals surface area contributed by atoms with Crippen molar-refractivity contribution in [2.75, 3.05) is 18.5 Å². The molecular formula is C9H14N2O2. The summed E-state index contributed by atoms with van der Waals surface area (Å²) in [4.78, 5) is 12.8. The Balaban J connectivity index is 2.67.